The summed E-state index contributed by atoms with van der Waals surface area (Å²) in [4.78, 5) is 27.1. The number of rotatable bonds is 5. The molecule has 1 amide bonds. The van der Waals surface area contributed by atoms with Crippen molar-refractivity contribution in [2.24, 2.45) is 0 Å². The van der Waals surface area contributed by atoms with Crippen molar-refractivity contribution in [1.82, 2.24) is 4.98 Å². The summed E-state index contributed by atoms with van der Waals surface area (Å²) >= 11 is 4.58. The maximum atomic E-state index is 11.9. The molecule has 114 valence electrons. The number of ketones is 1. The fourth-order valence-corrected chi connectivity index (χ4v) is 2.77. The highest BCUT2D eigenvalue weighted by Crippen LogP contribution is 2.24. The van der Waals surface area contributed by atoms with Gasteiger partial charge in [-0.15, -0.1) is 11.3 Å². The number of hydrogen-bond acceptors (Lipinski definition) is 5. The van der Waals surface area contributed by atoms with Gasteiger partial charge in [-0.2, -0.15) is 0 Å². The molecule has 0 saturated carbocycles. The molecule has 0 radical (unpaired) electrons. The Morgan fingerprint density at radius 3 is 2.82 bits per heavy atom. The predicted octanol–water partition coefficient (Wildman–Crippen LogP) is 3.77. The average Bonchev–Trinajstić information content (AvgIpc) is 2.94. The Morgan fingerprint density at radius 1 is 1.41 bits per heavy atom. The van der Waals surface area contributed by atoms with Crippen molar-refractivity contribution in [2.45, 2.75) is 6.92 Å². The molecular weight excluding hydrogens is 368 g/mol. The van der Waals surface area contributed by atoms with Crippen LogP contribution < -0.4 is 10.1 Å². The number of hydrogen-bond donors (Lipinski definition) is 1. The highest BCUT2D eigenvalue weighted by molar-refractivity contribution is 9.10. The van der Waals surface area contributed by atoms with E-state index >= 15 is 0 Å². The van der Waals surface area contributed by atoms with E-state index in [4.69, 9.17) is 4.74 Å². The van der Waals surface area contributed by atoms with Gasteiger partial charge in [0.25, 0.3) is 0 Å². The van der Waals surface area contributed by atoms with Gasteiger partial charge in [-0.3, -0.25) is 14.9 Å². The minimum Gasteiger partial charge on any atom is -0.496 e. The zero-order chi connectivity index (χ0) is 16.1. The molecule has 0 spiro atoms. The number of halogens is 1. The van der Waals surface area contributed by atoms with Gasteiger partial charge in [0, 0.05) is 28.4 Å². The molecule has 0 bridgehead atoms. The number of carbonyl (C=O) groups excluding carboxylic acids is 2. The average molecular weight is 381 g/mol. The van der Waals surface area contributed by atoms with Gasteiger partial charge in [0.2, 0.25) is 5.91 Å². The lowest BCUT2D eigenvalue weighted by Crippen LogP contribution is -2.07. The summed E-state index contributed by atoms with van der Waals surface area (Å²) in [5, 5.41) is 4.62. The second-order valence-corrected chi connectivity index (χ2v) is 6.08. The predicted molar refractivity (Wildman–Crippen MR) is 90.5 cm³/mol. The second kappa shape index (κ2) is 7.33. The van der Waals surface area contributed by atoms with E-state index in [1.165, 1.54) is 24.3 Å². The third kappa shape index (κ3) is 4.25. The lowest BCUT2D eigenvalue weighted by Gasteiger charge is -2.04. The number of nitrogens with one attached hydrogen (secondary N) is 1. The number of ether oxygens (including phenoxy) is 1. The monoisotopic (exact) mass is 380 g/mol. The van der Waals surface area contributed by atoms with E-state index in [2.05, 4.69) is 26.2 Å². The summed E-state index contributed by atoms with van der Waals surface area (Å²) in [5.74, 6) is 0.206. The molecule has 0 aliphatic carbocycles. The van der Waals surface area contributed by atoms with Crippen LogP contribution >= 0.6 is 27.3 Å². The van der Waals surface area contributed by atoms with E-state index in [-0.39, 0.29) is 11.7 Å². The van der Waals surface area contributed by atoms with E-state index in [0.717, 1.165) is 10.0 Å². The number of amides is 1. The first-order valence-electron chi connectivity index (χ1n) is 6.28. The van der Waals surface area contributed by atoms with Crippen LogP contribution in [0.5, 0.6) is 5.75 Å². The smallest absolute Gasteiger partial charge is 0.250 e. The SMILES string of the molecule is COc1ccc(Br)cc1/C=C/C(=O)Nc1nc(C(C)=O)cs1. The van der Waals surface area contributed by atoms with Crippen molar-refractivity contribution in [3.63, 3.8) is 0 Å². The second-order valence-electron chi connectivity index (χ2n) is 4.30. The van der Waals surface area contributed by atoms with Crippen LogP contribution in [-0.2, 0) is 4.79 Å². The quantitative estimate of drug-likeness (QED) is 0.633. The highest BCUT2D eigenvalue weighted by Gasteiger charge is 2.08. The van der Waals surface area contributed by atoms with E-state index in [1.54, 1.807) is 18.6 Å². The molecule has 2 rings (SSSR count). The molecular formula is C15H13BrN2O3S. The fraction of sp³-hybridized carbons (Fsp3) is 0.133. The van der Waals surface area contributed by atoms with Crippen molar-refractivity contribution < 1.29 is 14.3 Å². The third-order valence-corrected chi connectivity index (χ3v) is 3.95. The van der Waals surface area contributed by atoms with Gasteiger partial charge in [-0.1, -0.05) is 15.9 Å². The maximum absolute atomic E-state index is 11.9. The molecule has 0 fully saturated rings. The first-order valence-corrected chi connectivity index (χ1v) is 7.96. The van der Waals surface area contributed by atoms with Crippen LogP contribution in [-0.4, -0.2) is 23.8 Å². The molecule has 22 heavy (non-hydrogen) atoms. The summed E-state index contributed by atoms with van der Waals surface area (Å²) in [7, 11) is 1.57. The summed E-state index contributed by atoms with van der Waals surface area (Å²) in [5.41, 5.74) is 1.12. The molecule has 0 aliphatic heterocycles. The Morgan fingerprint density at radius 2 is 2.18 bits per heavy atom. The number of nitrogens with zero attached hydrogens (tertiary/aromatic N) is 1. The van der Waals surface area contributed by atoms with E-state index in [9.17, 15) is 9.59 Å². The zero-order valence-corrected chi connectivity index (χ0v) is 14.3. The van der Waals surface area contributed by atoms with Crippen molar-refractivity contribution in [3.8, 4) is 5.75 Å². The number of methoxy groups -OCH3 is 1. The Bertz CT molecular complexity index is 740. The topological polar surface area (TPSA) is 68.3 Å². The third-order valence-electron chi connectivity index (χ3n) is 2.70. The lowest BCUT2D eigenvalue weighted by atomic mass is 10.2. The van der Waals surface area contributed by atoms with Crippen molar-refractivity contribution in [2.75, 3.05) is 12.4 Å². The standard InChI is InChI=1S/C15H13BrN2O3S/c1-9(19)12-8-22-15(17-12)18-14(20)6-3-10-7-11(16)4-5-13(10)21-2/h3-8H,1-2H3,(H,17,18,20)/b6-3+. The molecule has 7 heteroatoms. The Balaban J connectivity index is 2.08. The zero-order valence-electron chi connectivity index (χ0n) is 11.9. The molecule has 0 unspecified atom stereocenters. The van der Waals surface area contributed by atoms with Crippen LogP contribution in [0.15, 0.2) is 34.1 Å². The first-order chi connectivity index (χ1) is 10.5. The minimum atomic E-state index is -0.327. The number of benzene rings is 1. The first kappa shape index (κ1) is 16.4. The lowest BCUT2D eigenvalue weighted by molar-refractivity contribution is -0.111. The number of anilines is 1. The van der Waals surface area contributed by atoms with Crippen LogP contribution in [0.1, 0.15) is 23.0 Å². The molecule has 0 aliphatic rings. The molecule has 5 nitrogen and oxygen atoms in total. The summed E-state index contributed by atoms with van der Waals surface area (Å²) in [6.45, 7) is 1.43. The van der Waals surface area contributed by atoms with Gasteiger partial charge in [-0.05, 0) is 24.3 Å². The van der Waals surface area contributed by atoms with Crippen LogP contribution in [0.2, 0.25) is 0 Å². The van der Waals surface area contributed by atoms with Crippen LogP contribution in [0.3, 0.4) is 0 Å². The summed E-state index contributed by atoms with van der Waals surface area (Å²) < 4.78 is 6.12. The van der Waals surface area contributed by atoms with Gasteiger partial charge in [0.05, 0.1) is 7.11 Å². The van der Waals surface area contributed by atoms with Crippen molar-refractivity contribution in [3.05, 3.63) is 45.4 Å². The van der Waals surface area contributed by atoms with Gasteiger partial charge in [-0.25, -0.2) is 4.98 Å². The molecule has 1 N–H and O–H groups in total. The van der Waals surface area contributed by atoms with Gasteiger partial charge < -0.3 is 4.74 Å². The summed E-state index contributed by atoms with van der Waals surface area (Å²) in [6.07, 6.45) is 3.04. The largest absolute Gasteiger partial charge is 0.496 e. The molecule has 1 heterocycles. The Kier molecular flexibility index (Phi) is 5.46. The van der Waals surface area contributed by atoms with E-state index in [1.807, 2.05) is 18.2 Å². The number of thiazole rings is 1. The molecule has 1 aromatic heterocycles. The van der Waals surface area contributed by atoms with Crippen LogP contribution in [0, 0.1) is 0 Å². The number of aromatic nitrogens is 1. The number of Topliss-reactive ketones (excluding diaryl/α,β-unsaturated/α-hetero) is 1. The van der Waals surface area contributed by atoms with Gasteiger partial charge >= 0.3 is 0 Å². The molecule has 2 aromatic rings. The highest BCUT2D eigenvalue weighted by atomic mass is 79.9. The molecule has 0 saturated heterocycles. The normalized spacial score (nSPS) is 10.7. The van der Waals surface area contributed by atoms with Crippen molar-refractivity contribution >= 4 is 50.2 Å². The van der Waals surface area contributed by atoms with Crippen LogP contribution in [0.4, 0.5) is 5.13 Å². The van der Waals surface area contributed by atoms with Gasteiger partial charge in [0.1, 0.15) is 11.4 Å². The summed E-state index contributed by atoms with van der Waals surface area (Å²) in [6, 6.07) is 5.51. The Labute approximate surface area is 140 Å². The van der Waals surface area contributed by atoms with Crippen LogP contribution in [0.25, 0.3) is 6.08 Å². The fourth-order valence-electron chi connectivity index (χ4n) is 1.64. The van der Waals surface area contributed by atoms with Crippen molar-refractivity contribution in [1.29, 1.82) is 0 Å². The molecule has 0 atom stereocenters. The van der Waals surface area contributed by atoms with Gasteiger partial charge in [0.15, 0.2) is 10.9 Å². The van der Waals surface area contributed by atoms with E-state index < -0.39 is 0 Å². The maximum Gasteiger partial charge on any atom is 0.250 e. The Hall–Kier alpha value is -1.99. The minimum absolute atomic E-state index is 0.133. The molecule has 1 aromatic carbocycles. The van der Waals surface area contributed by atoms with E-state index in [0.29, 0.717) is 16.6 Å². The number of carbonyl (C=O) groups is 2.